The summed E-state index contributed by atoms with van der Waals surface area (Å²) in [5.41, 5.74) is 6.32. The molecule has 0 bridgehead atoms. The first-order valence-electron chi connectivity index (χ1n) is 6.32. The van der Waals surface area contributed by atoms with Crippen LogP contribution in [0.3, 0.4) is 0 Å². The van der Waals surface area contributed by atoms with E-state index in [9.17, 15) is 4.79 Å². The second kappa shape index (κ2) is 9.16. The number of carbonyl (C=O) groups is 1. The van der Waals surface area contributed by atoms with Crippen LogP contribution in [-0.4, -0.2) is 23.0 Å². The van der Waals surface area contributed by atoms with E-state index in [1.807, 2.05) is 26.0 Å². The molecule has 0 fully saturated rings. The number of halogens is 2. The molecule has 2 atom stereocenters. The normalized spacial score (nSPS) is 14.5. The van der Waals surface area contributed by atoms with Crippen LogP contribution >= 0.6 is 24.8 Å². The maximum Gasteiger partial charge on any atom is 0.227 e. The molecule has 1 heterocycles. The topological polar surface area (TPSA) is 68.0 Å². The van der Waals surface area contributed by atoms with Crippen LogP contribution < -0.4 is 11.1 Å². The van der Waals surface area contributed by atoms with Gasteiger partial charge in [0.05, 0.1) is 11.5 Å². The highest BCUT2D eigenvalue weighted by atomic mass is 35.5. The molecule has 2 unspecified atom stereocenters. The number of pyridine rings is 1. The largest absolute Gasteiger partial charge is 0.349 e. The fourth-order valence-electron chi connectivity index (χ4n) is 1.60. The van der Waals surface area contributed by atoms with Crippen LogP contribution in [0.15, 0.2) is 24.5 Å². The summed E-state index contributed by atoms with van der Waals surface area (Å²) in [6, 6.07) is 3.75. The Labute approximate surface area is 133 Å². The third-order valence-electron chi connectivity index (χ3n) is 3.68. The van der Waals surface area contributed by atoms with Gasteiger partial charge in [0.1, 0.15) is 0 Å². The predicted molar refractivity (Wildman–Crippen MR) is 87.6 cm³/mol. The minimum Gasteiger partial charge on any atom is -0.349 e. The van der Waals surface area contributed by atoms with Crippen molar-refractivity contribution in [1.82, 2.24) is 10.3 Å². The van der Waals surface area contributed by atoms with Crippen LogP contribution in [0, 0.1) is 5.92 Å². The van der Waals surface area contributed by atoms with Gasteiger partial charge in [-0.25, -0.2) is 0 Å². The lowest BCUT2D eigenvalue weighted by Gasteiger charge is -2.34. The van der Waals surface area contributed by atoms with Gasteiger partial charge in [0, 0.05) is 18.9 Å². The maximum atomic E-state index is 12.2. The van der Waals surface area contributed by atoms with Crippen molar-refractivity contribution in [2.24, 2.45) is 11.7 Å². The quantitative estimate of drug-likeness (QED) is 0.875. The Hall–Kier alpha value is -0.840. The summed E-state index contributed by atoms with van der Waals surface area (Å²) in [6.07, 6.45) is 3.42. The lowest BCUT2D eigenvalue weighted by atomic mass is 9.87. The van der Waals surface area contributed by atoms with E-state index in [2.05, 4.69) is 24.1 Å². The van der Waals surface area contributed by atoms with Crippen LogP contribution in [0.5, 0.6) is 0 Å². The molecular formula is C14H25Cl2N3O. The van der Waals surface area contributed by atoms with Crippen molar-refractivity contribution in [2.45, 2.75) is 39.2 Å². The van der Waals surface area contributed by atoms with E-state index >= 15 is 0 Å². The first-order valence-corrected chi connectivity index (χ1v) is 6.32. The highest BCUT2D eigenvalue weighted by Gasteiger charge is 2.30. The van der Waals surface area contributed by atoms with E-state index < -0.39 is 0 Å². The van der Waals surface area contributed by atoms with Crippen molar-refractivity contribution < 1.29 is 4.79 Å². The predicted octanol–water partition coefficient (Wildman–Crippen LogP) is 2.52. The van der Waals surface area contributed by atoms with E-state index in [0.29, 0.717) is 6.54 Å². The Morgan fingerprint density at radius 2 is 2.00 bits per heavy atom. The number of rotatable bonds is 5. The summed E-state index contributed by atoms with van der Waals surface area (Å²) in [4.78, 5) is 16.3. The number of hydrogen-bond donors (Lipinski definition) is 2. The summed E-state index contributed by atoms with van der Waals surface area (Å²) >= 11 is 0. The molecule has 4 nitrogen and oxygen atoms in total. The lowest BCUT2D eigenvalue weighted by molar-refractivity contribution is -0.124. The molecule has 0 aliphatic heterocycles. The second-order valence-corrected chi connectivity index (χ2v) is 5.27. The Kier molecular flexibility index (Phi) is 9.83. The molecule has 0 saturated carbocycles. The summed E-state index contributed by atoms with van der Waals surface area (Å²) in [5.74, 6) is 0.0560. The Balaban J connectivity index is 0. The van der Waals surface area contributed by atoms with E-state index in [1.165, 1.54) is 0 Å². The average molecular weight is 322 g/mol. The zero-order valence-corrected chi connectivity index (χ0v) is 14.1. The van der Waals surface area contributed by atoms with Crippen molar-refractivity contribution in [3.63, 3.8) is 0 Å². The summed E-state index contributed by atoms with van der Waals surface area (Å²) in [5, 5.41) is 3.05. The molecule has 1 aromatic heterocycles. The van der Waals surface area contributed by atoms with Gasteiger partial charge in [-0.15, -0.1) is 24.8 Å². The van der Waals surface area contributed by atoms with E-state index in [0.717, 1.165) is 5.56 Å². The van der Waals surface area contributed by atoms with Crippen LogP contribution in [-0.2, 0) is 4.79 Å². The number of nitrogens with two attached hydrogens (primary N) is 1. The third kappa shape index (κ3) is 5.27. The molecule has 1 amide bonds. The van der Waals surface area contributed by atoms with Crippen molar-refractivity contribution >= 4 is 30.7 Å². The van der Waals surface area contributed by atoms with Crippen molar-refractivity contribution in [1.29, 1.82) is 0 Å². The van der Waals surface area contributed by atoms with E-state index in [4.69, 9.17) is 5.73 Å². The van der Waals surface area contributed by atoms with Crippen LogP contribution in [0.1, 0.15) is 39.2 Å². The van der Waals surface area contributed by atoms with Crippen molar-refractivity contribution in [3.8, 4) is 0 Å². The highest BCUT2D eigenvalue weighted by molar-refractivity contribution is 5.85. The minimum atomic E-state index is -0.368. The number of nitrogens with one attached hydrogen (secondary N) is 1. The standard InChI is InChI=1S/C14H23N3O.2ClH/c1-10(2)14(4,9-15)17-13(18)11(3)12-6-5-7-16-8-12;;/h5-8,10-11H,9,15H2,1-4H3,(H,17,18);2*1H. The Morgan fingerprint density at radius 1 is 1.40 bits per heavy atom. The summed E-state index contributed by atoms with van der Waals surface area (Å²) < 4.78 is 0. The third-order valence-corrected chi connectivity index (χ3v) is 3.68. The van der Waals surface area contributed by atoms with Crippen molar-refractivity contribution in [3.05, 3.63) is 30.1 Å². The van der Waals surface area contributed by atoms with Gasteiger partial charge in [-0.05, 0) is 31.4 Å². The molecule has 0 aromatic carbocycles. The molecule has 0 spiro atoms. The molecule has 0 saturated heterocycles. The van der Waals surface area contributed by atoms with E-state index in [-0.39, 0.29) is 48.1 Å². The molecule has 6 heteroatoms. The van der Waals surface area contributed by atoms with E-state index in [1.54, 1.807) is 12.4 Å². The van der Waals surface area contributed by atoms with Gasteiger partial charge in [0.15, 0.2) is 0 Å². The lowest BCUT2D eigenvalue weighted by Crippen LogP contribution is -2.55. The maximum absolute atomic E-state index is 12.2. The first kappa shape index (κ1) is 21.5. The molecule has 3 N–H and O–H groups in total. The fraction of sp³-hybridized carbons (Fsp3) is 0.571. The van der Waals surface area contributed by atoms with Gasteiger partial charge < -0.3 is 11.1 Å². The van der Waals surface area contributed by atoms with Gasteiger partial charge >= 0.3 is 0 Å². The summed E-state index contributed by atoms with van der Waals surface area (Å²) in [6.45, 7) is 8.40. The number of aromatic nitrogens is 1. The van der Waals surface area contributed by atoms with Gasteiger partial charge in [0.25, 0.3) is 0 Å². The SMILES string of the molecule is CC(C(=O)NC(C)(CN)C(C)C)c1cccnc1.Cl.Cl. The molecule has 0 radical (unpaired) electrons. The number of hydrogen-bond acceptors (Lipinski definition) is 3. The van der Waals surface area contributed by atoms with Gasteiger partial charge in [-0.2, -0.15) is 0 Å². The monoisotopic (exact) mass is 321 g/mol. The van der Waals surface area contributed by atoms with Gasteiger partial charge in [-0.3, -0.25) is 9.78 Å². The number of nitrogens with zero attached hydrogens (tertiary/aromatic N) is 1. The van der Waals surface area contributed by atoms with Crippen molar-refractivity contribution in [2.75, 3.05) is 6.54 Å². The van der Waals surface area contributed by atoms with Crippen LogP contribution in [0.25, 0.3) is 0 Å². The molecule has 1 rings (SSSR count). The smallest absolute Gasteiger partial charge is 0.227 e. The highest BCUT2D eigenvalue weighted by Crippen LogP contribution is 2.19. The zero-order valence-electron chi connectivity index (χ0n) is 12.4. The molecular weight excluding hydrogens is 297 g/mol. The molecule has 1 aromatic rings. The summed E-state index contributed by atoms with van der Waals surface area (Å²) in [7, 11) is 0. The van der Waals surface area contributed by atoms with Crippen LogP contribution in [0.4, 0.5) is 0 Å². The molecule has 0 aliphatic carbocycles. The Bertz CT molecular complexity index is 401. The average Bonchev–Trinajstić information content (AvgIpc) is 2.38. The zero-order chi connectivity index (χ0) is 13.8. The minimum absolute atomic E-state index is 0. The fourth-order valence-corrected chi connectivity index (χ4v) is 1.60. The van der Waals surface area contributed by atoms with Crippen LogP contribution in [0.2, 0.25) is 0 Å². The number of amides is 1. The van der Waals surface area contributed by atoms with Gasteiger partial charge in [-0.1, -0.05) is 19.9 Å². The Morgan fingerprint density at radius 3 is 2.40 bits per heavy atom. The number of carbonyl (C=O) groups excluding carboxylic acids is 1. The first-order chi connectivity index (χ1) is 8.40. The van der Waals surface area contributed by atoms with Gasteiger partial charge in [0.2, 0.25) is 5.91 Å². The second-order valence-electron chi connectivity index (χ2n) is 5.27. The molecule has 116 valence electrons. The molecule has 0 aliphatic rings. The molecule has 20 heavy (non-hydrogen) atoms.